The highest BCUT2D eigenvalue weighted by Gasteiger charge is 2.60. The highest BCUT2D eigenvalue weighted by atomic mass is 16.7. The Bertz CT molecular complexity index is 1360. The normalized spacial score (nSPS) is 22.3. The molecular formula is C28H22N2O3. The van der Waals surface area contributed by atoms with Gasteiger partial charge in [0.2, 0.25) is 5.91 Å². The number of hydrogen-bond acceptors (Lipinski definition) is 4. The quantitative estimate of drug-likeness (QED) is 0.416. The molecule has 2 amide bonds. The van der Waals surface area contributed by atoms with Gasteiger partial charge >= 0.3 is 0 Å². The number of carbonyl (C=O) groups excluding carboxylic acids is 2. The van der Waals surface area contributed by atoms with Gasteiger partial charge in [0.05, 0.1) is 17.4 Å². The third-order valence-corrected chi connectivity index (χ3v) is 6.56. The van der Waals surface area contributed by atoms with Crippen LogP contribution in [0.5, 0.6) is 0 Å². The summed E-state index contributed by atoms with van der Waals surface area (Å²) < 4.78 is 0. The van der Waals surface area contributed by atoms with Crippen molar-refractivity contribution in [2.24, 2.45) is 5.92 Å². The number of anilines is 2. The van der Waals surface area contributed by atoms with E-state index in [-0.39, 0.29) is 11.8 Å². The molecule has 2 aliphatic heterocycles. The van der Waals surface area contributed by atoms with E-state index in [0.29, 0.717) is 5.69 Å². The molecule has 4 aromatic rings. The van der Waals surface area contributed by atoms with Crippen molar-refractivity contribution in [2.75, 3.05) is 9.96 Å². The molecule has 5 nitrogen and oxygen atoms in total. The van der Waals surface area contributed by atoms with E-state index in [1.54, 1.807) is 5.06 Å². The zero-order valence-electron chi connectivity index (χ0n) is 18.1. The van der Waals surface area contributed by atoms with Crippen LogP contribution in [0.2, 0.25) is 0 Å². The number of benzene rings is 4. The molecule has 0 spiro atoms. The highest BCUT2D eigenvalue weighted by molar-refractivity contribution is 6.24. The Morgan fingerprint density at radius 3 is 2.18 bits per heavy atom. The molecule has 0 N–H and O–H groups in total. The maximum Gasteiger partial charge on any atom is 0.266 e. The van der Waals surface area contributed by atoms with Crippen LogP contribution >= 0.6 is 0 Å². The monoisotopic (exact) mass is 434 g/mol. The first-order valence-corrected chi connectivity index (χ1v) is 11.1. The van der Waals surface area contributed by atoms with Gasteiger partial charge in [0, 0.05) is 0 Å². The summed E-state index contributed by atoms with van der Waals surface area (Å²) in [5, 5.41) is 3.88. The lowest BCUT2D eigenvalue weighted by Gasteiger charge is -2.29. The Morgan fingerprint density at radius 1 is 0.697 bits per heavy atom. The number of rotatable bonds is 3. The van der Waals surface area contributed by atoms with Crippen LogP contribution in [0.15, 0.2) is 97.1 Å². The zero-order chi connectivity index (χ0) is 22.5. The van der Waals surface area contributed by atoms with Crippen LogP contribution in [0.1, 0.15) is 17.2 Å². The van der Waals surface area contributed by atoms with E-state index in [4.69, 9.17) is 4.84 Å². The van der Waals surface area contributed by atoms with E-state index in [1.807, 2.05) is 85.8 Å². The van der Waals surface area contributed by atoms with Crippen LogP contribution in [0.25, 0.3) is 10.8 Å². The Labute approximate surface area is 191 Å². The Hall–Kier alpha value is -3.96. The minimum Gasteiger partial charge on any atom is -0.273 e. The maximum absolute atomic E-state index is 13.8. The average Bonchev–Trinajstić information content (AvgIpc) is 3.36. The van der Waals surface area contributed by atoms with Gasteiger partial charge in [-0.05, 0) is 47.5 Å². The van der Waals surface area contributed by atoms with Crippen molar-refractivity contribution < 1.29 is 14.4 Å². The summed E-state index contributed by atoms with van der Waals surface area (Å²) in [5.41, 5.74) is 3.43. The molecule has 6 rings (SSSR count). The first-order chi connectivity index (χ1) is 16.1. The molecule has 0 unspecified atom stereocenters. The molecule has 0 aliphatic carbocycles. The molecule has 3 atom stereocenters. The minimum atomic E-state index is -0.872. The molecule has 2 fully saturated rings. The van der Waals surface area contributed by atoms with E-state index in [9.17, 15) is 9.59 Å². The third kappa shape index (κ3) is 3.04. The number of amides is 2. The number of aryl methyl sites for hydroxylation is 1. The zero-order valence-corrected chi connectivity index (χ0v) is 18.1. The van der Waals surface area contributed by atoms with Crippen molar-refractivity contribution in [1.29, 1.82) is 0 Å². The van der Waals surface area contributed by atoms with E-state index >= 15 is 0 Å². The molecule has 2 heterocycles. The van der Waals surface area contributed by atoms with Crippen molar-refractivity contribution in [3.05, 3.63) is 108 Å². The SMILES string of the molecule is Cc1ccc(N2C(=O)[C@@H]3[C@@H](c4cccc5ccccc45)N(c4ccccc4)O[C@H]3C2=O)cc1. The van der Waals surface area contributed by atoms with Crippen LogP contribution in [0.3, 0.4) is 0 Å². The van der Waals surface area contributed by atoms with E-state index in [2.05, 4.69) is 18.2 Å². The van der Waals surface area contributed by atoms with Gasteiger partial charge in [0.1, 0.15) is 5.92 Å². The Kier molecular flexibility index (Phi) is 4.52. The summed E-state index contributed by atoms with van der Waals surface area (Å²) in [4.78, 5) is 34.8. The molecule has 0 aromatic heterocycles. The van der Waals surface area contributed by atoms with Crippen molar-refractivity contribution in [3.63, 3.8) is 0 Å². The van der Waals surface area contributed by atoms with Gasteiger partial charge in [-0.25, -0.2) is 9.96 Å². The van der Waals surface area contributed by atoms with Crippen molar-refractivity contribution in [1.82, 2.24) is 0 Å². The molecule has 2 saturated heterocycles. The lowest BCUT2D eigenvalue weighted by molar-refractivity contribution is -0.126. The van der Waals surface area contributed by atoms with Crippen molar-refractivity contribution in [3.8, 4) is 0 Å². The second kappa shape index (κ2) is 7.57. The number of carbonyl (C=O) groups is 2. The molecule has 5 heteroatoms. The topological polar surface area (TPSA) is 49.9 Å². The van der Waals surface area contributed by atoms with Crippen LogP contribution < -0.4 is 9.96 Å². The van der Waals surface area contributed by atoms with Crippen molar-refractivity contribution in [2.45, 2.75) is 19.1 Å². The standard InChI is InChI=1S/C28H22N2O3/c1-18-14-16-20(17-15-18)29-27(31)24-25(23-13-7-9-19-8-5-6-12-22(19)23)30(33-26(24)28(29)32)21-10-3-2-4-11-21/h2-17,24-26H,1H3/t24-,25-,26-/m1/s1. The first kappa shape index (κ1) is 19.7. The van der Waals surface area contributed by atoms with Gasteiger partial charge in [-0.2, -0.15) is 0 Å². The first-order valence-electron chi connectivity index (χ1n) is 11.1. The summed E-state index contributed by atoms with van der Waals surface area (Å²) in [6.45, 7) is 1.98. The molecule has 0 bridgehead atoms. The Morgan fingerprint density at radius 2 is 1.39 bits per heavy atom. The molecule has 162 valence electrons. The summed E-state index contributed by atoms with van der Waals surface area (Å²) in [7, 11) is 0. The number of hydroxylamine groups is 1. The van der Waals surface area contributed by atoms with Crippen molar-refractivity contribution >= 4 is 34.0 Å². The van der Waals surface area contributed by atoms with Crippen LogP contribution in [0, 0.1) is 12.8 Å². The van der Waals surface area contributed by atoms with Gasteiger partial charge in [-0.15, -0.1) is 0 Å². The second-order valence-electron chi connectivity index (χ2n) is 8.57. The number of imide groups is 1. The van der Waals surface area contributed by atoms with Crippen LogP contribution in [0.4, 0.5) is 11.4 Å². The van der Waals surface area contributed by atoms with Crippen LogP contribution in [-0.4, -0.2) is 17.9 Å². The average molecular weight is 434 g/mol. The largest absolute Gasteiger partial charge is 0.273 e. The van der Waals surface area contributed by atoms with Gasteiger partial charge in [0.15, 0.2) is 6.10 Å². The van der Waals surface area contributed by atoms with E-state index < -0.39 is 18.1 Å². The smallest absolute Gasteiger partial charge is 0.266 e. The highest BCUT2D eigenvalue weighted by Crippen LogP contribution is 2.48. The van der Waals surface area contributed by atoms with Gasteiger partial charge in [0.25, 0.3) is 5.91 Å². The second-order valence-corrected chi connectivity index (χ2v) is 8.57. The number of para-hydroxylation sites is 1. The Balaban J connectivity index is 1.50. The summed E-state index contributed by atoms with van der Waals surface area (Å²) in [6, 6.07) is 30.8. The number of hydrogen-bond donors (Lipinski definition) is 0. The molecular weight excluding hydrogens is 412 g/mol. The predicted octanol–water partition coefficient (Wildman–Crippen LogP) is 5.20. The minimum absolute atomic E-state index is 0.231. The lowest BCUT2D eigenvalue weighted by atomic mass is 9.87. The molecule has 2 aliphatic rings. The fraction of sp³-hybridized carbons (Fsp3) is 0.143. The predicted molar refractivity (Wildman–Crippen MR) is 128 cm³/mol. The van der Waals surface area contributed by atoms with Crippen LogP contribution in [-0.2, 0) is 14.4 Å². The fourth-order valence-corrected chi connectivity index (χ4v) is 4.99. The molecule has 0 saturated carbocycles. The summed E-state index contributed by atoms with van der Waals surface area (Å²) >= 11 is 0. The molecule has 4 aromatic carbocycles. The lowest BCUT2D eigenvalue weighted by Crippen LogP contribution is -2.37. The summed E-state index contributed by atoms with van der Waals surface area (Å²) in [5.74, 6) is -1.20. The number of fused-ring (bicyclic) bond motifs is 2. The van der Waals surface area contributed by atoms with Gasteiger partial charge in [-0.1, -0.05) is 78.4 Å². The van der Waals surface area contributed by atoms with Gasteiger partial charge in [-0.3, -0.25) is 14.4 Å². The van der Waals surface area contributed by atoms with E-state index in [1.165, 1.54) is 4.90 Å². The fourth-order valence-electron chi connectivity index (χ4n) is 4.99. The number of nitrogens with zero attached hydrogens (tertiary/aromatic N) is 2. The van der Waals surface area contributed by atoms with Gasteiger partial charge < -0.3 is 0 Å². The molecule has 33 heavy (non-hydrogen) atoms. The maximum atomic E-state index is 13.8. The molecule has 0 radical (unpaired) electrons. The third-order valence-electron chi connectivity index (χ3n) is 6.56. The summed E-state index contributed by atoms with van der Waals surface area (Å²) in [6.07, 6.45) is -0.872. The van der Waals surface area contributed by atoms with E-state index in [0.717, 1.165) is 27.6 Å².